The van der Waals surface area contributed by atoms with Gasteiger partial charge in [0.2, 0.25) is 0 Å². The lowest BCUT2D eigenvalue weighted by molar-refractivity contribution is -0.123. The monoisotopic (exact) mass is 370 g/mol. The maximum absolute atomic E-state index is 13.6. The van der Waals surface area contributed by atoms with Crippen LogP contribution < -0.4 is 10.6 Å². The number of hydrogen-bond acceptors (Lipinski definition) is 4. The topological polar surface area (TPSA) is 84.5 Å². The van der Waals surface area contributed by atoms with Crippen molar-refractivity contribution in [2.75, 3.05) is 6.61 Å². The Kier molecular flexibility index (Phi) is 6.75. The van der Waals surface area contributed by atoms with Gasteiger partial charge in [0, 0.05) is 11.1 Å². The van der Waals surface area contributed by atoms with Gasteiger partial charge in [-0.05, 0) is 37.0 Å². The molecule has 1 saturated carbocycles. The first kappa shape index (κ1) is 19.2. The molecule has 2 atom stereocenters. The van der Waals surface area contributed by atoms with Crippen molar-refractivity contribution in [2.24, 2.45) is 5.92 Å². The van der Waals surface area contributed by atoms with Crippen LogP contribution in [-0.2, 0) is 9.53 Å². The molecule has 0 unspecified atom stereocenters. The Bertz CT molecular complexity index is 668. The van der Waals surface area contributed by atoms with Gasteiger partial charge in [-0.15, -0.1) is 0 Å². The average Bonchev–Trinajstić information content (AvgIpc) is 2.54. The summed E-state index contributed by atoms with van der Waals surface area (Å²) < 4.78 is 18.3. The Hall–Kier alpha value is -2.15. The zero-order valence-electron chi connectivity index (χ0n) is 13.8. The van der Waals surface area contributed by atoms with Gasteiger partial charge >= 0.3 is 12.0 Å². The molecular weight excluding hydrogens is 351 g/mol. The summed E-state index contributed by atoms with van der Waals surface area (Å²) in [6, 6.07) is 2.86. The molecular formula is C17H20ClFN2O4. The molecule has 0 spiro atoms. The third kappa shape index (κ3) is 5.70. The maximum atomic E-state index is 13.6. The number of rotatable bonds is 4. The molecule has 2 N–H and O–H groups in total. The molecule has 1 aromatic carbocycles. The Morgan fingerprint density at radius 1 is 1.28 bits per heavy atom. The minimum atomic E-state index is -1.01. The zero-order valence-corrected chi connectivity index (χ0v) is 14.6. The van der Waals surface area contributed by atoms with E-state index >= 15 is 0 Å². The summed E-state index contributed by atoms with van der Waals surface area (Å²) in [6.07, 6.45) is 4.07. The number of amides is 3. The van der Waals surface area contributed by atoms with Crippen molar-refractivity contribution in [1.29, 1.82) is 0 Å². The largest absolute Gasteiger partial charge is 0.452 e. The number of esters is 1. The van der Waals surface area contributed by atoms with Crippen molar-refractivity contribution in [3.05, 3.63) is 34.6 Å². The van der Waals surface area contributed by atoms with Crippen LogP contribution in [0.25, 0.3) is 0 Å². The lowest BCUT2D eigenvalue weighted by atomic mass is 9.86. The number of ether oxygens (including phenoxy) is 1. The van der Waals surface area contributed by atoms with Gasteiger partial charge in [0.25, 0.3) is 5.91 Å². The van der Waals surface area contributed by atoms with Crippen LogP contribution in [0.5, 0.6) is 0 Å². The van der Waals surface area contributed by atoms with Crippen molar-refractivity contribution in [3.8, 4) is 0 Å². The fourth-order valence-electron chi connectivity index (χ4n) is 2.76. The molecule has 136 valence electrons. The molecule has 6 nitrogen and oxygen atoms in total. The first-order valence-corrected chi connectivity index (χ1v) is 8.47. The minimum absolute atomic E-state index is 0.0206. The van der Waals surface area contributed by atoms with E-state index in [2.05, 4.69) is 10.6 Å². The third-order valence-electron chi connectivity index (χ3n) is 4.17. The highest BCUT2D eigenvalue weighted by molar-refractivity contribution is 6.30. The molecule has 3 amide bonds. The molecule has 1 aliphatic rings. The Morgan fingerprint density at radius 3 is 2.68 bits per heavy atom. The van der Waals surface area contributed by atoms with Gasteiger partial charge in [-0.2, -0.15) is 0 Å². The van der Waals surface area contributed by atoms with Crippen LogP contribution in [0.15, 0.2) is 18.2 Å². The van der Waals surface area contributed by atoms with E-state index in [1.54, 1.807) is 0 Å². The van der Waals surface area contributed by atoms with E-state index in [0.717, 1.165) is 37.8 Å². The second-order valence-corrected chi connectivity index (χ2v) is 6.53. The van der Waals surface area contributed by atoms with Crippen LogP contribution in [0.2, 0.25) is 5.02 Å². The lowest BCUT2D eigenvalue weighted by Gasteiger charge is -2.29. The fourth-order valence-corrected chi connectivity index (χ4v) is 2.92. The van der Waals surface area contributed by atoms with Gasteiger partial charge < -0.3 is 10.1 Å². The summed E-state index contributed by atoms with van der Waals surface area (Å²) in [7, 11) is 0. The molecule has 0 heterocycles. The molecule has 0 radical (unpaired) electrons. The second-order valence-electron chi connectivity index (χ2n) is 6.09. The van der Waals surface area contributed by atoms with Crippen LogP contribution in [0.1, 0.15) is 43.0 Å². The van der Waals surface area contributed by atoms with Gasteiger partial charge in [-0.25, -0.2) is 14.0 Å². The lowest BCUT2D eigenvalue weighted by Crippen LogP contribution is -2.48. The molecule has 2 rings (SSSR count). The van der Waals surface area contributed by atoms with E-state index in [-0.39, 0.29) is 16.6 Å². The Morgan fingerprint density at radius 2 is 2.00 bits per heavy atom. The van der Waals surface area contributed by atoms with Crippen LogP contribution in [0, 0.1) is 11.7 Å². The molecule has 0 bridgehead atoms. The number of benzene rings is 1. The van der Waals surface area contributed by atoms with Gasteiger partial charge in [-0.3, -0.25) is 10.1 Å². The number of hydrogen-bond donors (Lipinski definition) is 2. The SMILES string of the molecule is C[C@@H]1CCCC[C@@H]1NC(=O)NC(=O)COC(=O)c1ccc(Cl)cc1F. The standard InChI is InChI=1S/C17H20ClFN2O4/c1-10-4-2-3-5-14(10)20-17(24)21-15(22)9-25-16(23)12-7-6-11(18)8-13(12)19/h6-8,10,14H,2-5,9H2,1H3,(H2,20,21,22,24)/t10-,14+/m1/s1. The maximum Gasteiger partial charge on any atom is 0.341 e. The molecule has 8 heteroatoms. The van der Waals surface area contributed by atoms with Crippen LogP contribution in [0.3, 0.4) is 0 Å². The van der Waals surface area contributed by atoms with Crippen LogP contribution in [0.4, 0.5) is 9.18 Å². The molecule has 1 fully saturated rings. The zero-order chi connectivity index (χ0) is 18.4. The normalized spacial score (nSPS) is 19.8. The number of carbonyl (C=O) groups excluding carboxylic acids is 3. The van der Waals surface area contributed by atoms with Gasteiger partial charge in [0.1, 0.15) is 5.82 Å². The molecule has 0 saturated heterocycles. The highest BCUT2D eigenvalue weighted by atomic mass is 35.5. The van der Waals surface area contributed by atoms with Crippen molar-refractivity contribution >= 4 is 29.5 Å². The number of nitrogens with one attached hydrogen (secondary N) is 2. The fraction of sp³-hybridized carbons (Fsp3) is 0.471. The number of carbonyl (C=O) groups is 3. The number of imide groups is 1. The van der Waals surface area contributed by atoms with Crippen LogP contribution >= 0.6 is 11.6 Å². The highest BCUT2D eigenvalue weighted by Gasteiger charge is 2.23. The summed E-state index contributed by atoms with van der Waals surface area (Å²) in [5.41, 5.74) is -0.335. The van der Waals surface area contributed by atoms with E-state index in [1.807, 2.05) is 6.92 Å². The number of urea groups is 1. The molecule has 0 aromatic heterocycles. The minimum Gasteiger partial charge on any atom is -0.452 e. The summed E-state index contributed by atoms with van der Waals surface area (Å²) in [6.45, 7) is 1.36. The van der Waals surface area contributed by atoms with E-state index in [4.69, 9.17) is 16.3 Å². The van der Waals surface area contributed by atoms with Crippen molar-refractivity contribution in [1.82, 2.24) is 10.6 Å². The Balaban J connectivity index is 1.77. The quantitative estimate of drug-likeness (QED) is 0.798. The first-order chi connectivity index (χ1) is 11.9. The molecule has 1 aliphatic carbocycles. The van der Waals surface area contributed by atoms with E-state index in [1.165, 1.54) is 6.07 Å². The van der Waals surface area contributed by atoms with Gasteiger partial charge in [-0.1, -0.05) is 31.4 Å². The van der Waals surface area contributed by atoms with Crippen LogP contribution in [-0.4, -0.2) is 30.6 Å². The molecule has 0 aliphatic heterocycles. The van der Waals surface area contributed by atoms with Gasteiger partial charge in [0.15, 0.2) is 6.61 Å². The predicted octanol–water partition coefficient (Wildman–Crippen LogP) is 3.04. The van der Waals surface area contributed by atoms with Crippen molar-refractivity contribution < 1.29 is 23.5 Å². The highest BCUT2D eigenvalue weighted by Crippen LogP contribution is 2.23. The molecule has 25 heavy (non-hydrogen) atoms. The first-order valence-electron chi connectivity index (χ1n) is 8.09. The summed E-state index contributed by atoms with van der Waals surface area (Å²) in [4.78, 5) is 35.2. The summed E-state index contributed by atoms with van der Waals surface area (Å²) in [5, 5.41) is 4.98. The predicted molar refractivity (Wildman–Crippen MR) is 89.8 cm³/mol. The number of halogens is 2. The summed E-state index contributed by atoms with van der Waals surface area (Å²) in [5.74, 6) is -2.29. The Labute approximate surface area is 150 Å². The average molecular weight is 371 g/mol. The molecule has 1 aromatic rings. The third-order valence-corrected chi connectivity index (χ3v) is 4.40. The smallest absolute Gasteiger partial charge is 0.341 e. The van der Waals surface area contributed by atoms with Crippen molar-refractivity contribution in [3.63, 3.8) is 0 Å². The van der Waals surface area contributed by atoms with Crippen molar-refractivity contribution in [2.45, 2.75) is 38.6 Å². The van der Waals surface area contributed by atoms with E-state index in [0.29, 0.717) is 5.92 Å². The summed E-state index contributed by atoms with van der Waals surface area (Å²) >= 11 is 5.60. The van der Waals surface area contributed by atoms with E-state index < -0.39 is 30.3 Å². The van der Waals surface area contributed by atoms with Gasteiger partial charge in [0.05, 0.1) is 5.56 Å². The second kappa shape index (κ2) is 8.80. The van der Waals surface area contributed by atoms with E-state index in [9.17, 15) is 18.8 Å².